The minimum Gasteiger partial charge on any atom is -0.315 e. The second kappa shape index (κ2) is 6.02. The first-order valence-corrected chi connectivity index (χ1v) is 7.24. The van der Waals surface area contributed by atoms with Crippen molar-refractivity contribution in [3.63, 3.8) is 0 Å². The summed E-state index contributed by atoms with van der Waals surface area (Å²) in [6, 6.07) is 0.823. The van der Waals surface area contributed by atoms with Crippen molar-refractivity contribution in [3.05, 3.63) is 0 Å². The van der Waals surface area contributed by atoms with Gasteiger partial charge in [0.1, 0.15) is 0 Å². The van der Waals surface area contributed by atoms with Crippen molar-refractivity contribution in [1.29, 1.82) is 0 Å². The van der Waals surface area contributed by atoms with Gasteiger partial charge in [-0.3, -0.25) is 4.90 Å². The molecule has 0 radical (unpaired) electrons. The average molecular weight is 224 g/mol. The second-order valence-corrected chi connectivity index (χ2v) is 5.86. The molecule has 1 N–H and O–H groups in total. The Morgan fingerprint density at radius 1 is 1.12 bits per heavy atom. The maximum absolute atomic E-state index is 3.49. The van der Waals surface area contributed by atoms with Crippen LogP contribution in [0.3, 0.4) is 0 Å². The number of nitrogens with one attached hydrogen (secondary N) is 1. The minimum absolute atomic E-state index is 0.823. The summed E-state index contributed by atoms with van der Waals surface area (Å²) in [5.41, 5.74) is 0. The Hall–Kier alpha value is -0.0800. The molecular formula is C14H28N2. The van der Waals surface area contributed by atoms with Crippen LogP contribution in [0.5, 0.6) is 0 Å². The first-order chi connectivity index (χ1) is 7.79. The Morgan fingerprint density at radius 3 is 2.44 bits per heavy atom. The van der Waals surface area contributed by atoms with Crippen molar-refractivity contribution in [1.82, 2.24) is 10.2 Å². The molecule has 1 unspecified atom stereocenters. The Bertz CT molecular complexity index is 191. The molecule has 16 heavy (non-hydrogen) atoms. The van der Waals surface area contributed by atoms with Gasteiger partial charge in [0, 0.05) is 19.1 Å². The van der Waals surface area contributed by atoms with E-state index in [9.17, 15) is 0 Å². The van der Waals surface area contributed by atoms with Gasteiger partial charge in [-0.2, -0.15) is 0 Å². The normalized spacial score (nSPS) is 35.8. The van der Waals surface area contributed by atoms with E-state index in [1.54, 1.807) is 0 Å². The zero-order valence-electron chi connectivity index (χ0n) is 11.0. The lowest BCUT2D eigenvalue weighted by Crippen LogP contribution is -2.40. The van der Waals surface area contributed by atoms with Gasteiger partial charge in [-0.15, -0.1) is 0 Å². The fraction of sp³-hybridized carbons (Fsp3) is 1.00. The van der Waals surface area contributed by atoms with Crippen molar-refractivity contribution >= 4 is 0 Å². The highest BCUT2D eigenvalue weighted by Gasteiger charge is 2.25. The Kier molecular flexibility index (Phi) is 4.66. The maximum atomic E-state index is 3.49. The quantitative estimate of drug-likeness (QED) is 0.789. The molecule has 1 saturated heterocycles. The zero-order chi connectivity index (χ0) is 11.4. The molecule has 2 aliphatic rings. The lowest BCUT2D eigenvalue weighted by molar-refractivity contribution is 0.153. The molecule has 2 fully saturated rings. The molecule has 1 aliphatic heterocycles. The monoisotopic (exact) mass is 224 g/mol. The standard InChI is InChI=1S/C14H28N2/c1-3-16(14-8-9-15-10-14)11-13-6-4-12(2)5-7-13/h12-15H,3-11H2,1-2H3. The van der Waals surface area contributed by atoms with Crippen LogP contribution in [0.4, 0.5) is 0 Å². The van der Waals surface area contributed by atoms with Crippen molar-refractivity contribution in [3.8, 4) is 0 Å². The average Bonchev–Trinajstić information content (AvgIpc) is 2.82. The smallest absolute Gasteiger partial charge is 0.0232 e. The lowest BCUT2D eigenvalue weighted by atomic mass is 9.82. The molecule has 2 rings (SSSR count). The molecule has 2 heteroatoms. The van der Waals surface area contributed by atoms with Gasteiger partial charge in [0.15, 0.2) is 0 Å². The third-order valence-electron chi connectivity index (χ3n) is 4.59. The van der Waals surface area contributed by atoms with Crippen LogP contribution in [0.25, 0.3) is 0 Å². The van der Waals surface area contributed by atoms with Gasteiger partial charge in [0.2, 0.25) is 0 Å². The number of likely N-dealkylation sites (N-methyl/N-ethyl adjacent to an activating group) is 1. The van der Waals surface area contributed by atoms with E-state index in [1.165, 1.54) is 58.3 Å². The highest BCUT2D eigenvalue weighted by Crippen LogP contribution is 2.29. The van der Waals surface area contributed by atoms with Crippen LogP contribution in [-0.4, -0.2) is 37.1 Å². The molecule has 0 amide bonds. The fourth-order valence-corrected chi connectivity index (χ4v) is 3.33. The molecule has 1 atom stereocenters. The van der Waals surface area contributed by atoms with Crippen LogP contribution in [-0.2, 0) is 0 Å². The summed E-state index contributed by atoms with van der Waals surface area (Å²) in [7, 11) is 0. The van der Waals surface area contributed by atoms with Crippen LogP contribution in [0.15, 0.2) is 0 Å². The van der Waals surface area contributed by atoms with Crippen LogP contribution >= 0.6 is 0 Å². The Labute approximate surface area is 101 Å². The van der Waals surface area contributed by atoms with Gasteiger partial charge < -0.3 is 5.32 Å². The fourth-order valence-electron chi connectivity index (χ4n) is 3.33. The molecular weight excluding hydrogens is 196 g/mol. The van der Waals surface area contributed by atoms with Gasteiger partial charge in [0.05, 0.1) is 0 Å². The zero-order valence-corrected chi connectivity index (χ0v) is 11.0. The molecule has 1 saturated carbocycles. The highest BCUT2D eigenvalue weighted by atomic mass is 15.2. The third-order valence-corrected chi connectivity index (χ3v) is 4.59. The van der Waals surface area contributed by atoms with Crippen LogP contribution in [0, 0.1) is 11.8 Å². The van der Waals surface area contributed by atoms with E-state index < -0.39 is 0 Å². The summed E-state index contributed by atoms with van der Waals surface area (Å²) < 4.78 is 0. The number of hydrogen-bond donors (Lipinski definition) is 1. The summed E-state index contributed by atoms with van der Waals surface area (Å²) in [6.07, 6.45) is 7.23. The van der Waals surface area contributed by atoms with Gasteiger partial charge >= 0.3 is 0 Å². The van der Waals surface area contributed by atoms with Gasteiger partial charge in [-0.25, -0.2) is 0 Å². The summed E-state index contributed by atoms with van der Waals surface area (Å²) >= 11 is 0. The summed E-state index contributed by atoms with van der Waals surface area (Å²) in [4.78, 5) is 2.72. The van der Waals surface area contributed by atoms with E-state index in [-0.39, 0.29) is 0 Å². The molecule has 0 bridgehead atoms. The van der Waals surface area contributed by atoms with Crippen molar-refractivity contribution in [2.45, 2.75) is 52.0 Å². The van der Waals surface area contributed by atoms with E-state index in [0.717, 1.165) is 17.9 Å². The van der Waals surface area contributed by atoms with E-state index in [1.807, 2.05) is 0 Å². The first-order valence-electron chi connectivity index (χ1n) is 7.24. The van der Waals surface area contributed by atoms with Crippen molar-refractivity contribution in [2.75, 3.05) is 26.2 Å². The topological polar surface area (TPSA) is 15.3 Å². The Morgan fingerprint density at radius 2 is 1.88 bits per heavy atom. The molecule has 2 nitrogen and oxygen atoms in total. The van der Waals surface area contributed by atoms with Gasteiger partial charge in [0.25, 0.3) is 0 Å². The SMILES string of the molecule is CCN(CC1CCC(C)CC1)C1CCNC1. The lowest BCUT2D eigenvalue weighted by Gasteiger charge is -2.34. The summed E-state index contributed by atoms with van der Waals surface area (Å²) in [6.45, 7) is 9.77. The second-order valence-electron chi connectivity index (χ2n) is 5.86. The molecule has 0 spiro atoms. The highest BCUT2D eigenvalue weighted by molar-refractivity contribution is 4.82. The van der Waals surface area contributed by atoms with E-state index in [0.29, 0.717) is 0 Å². The predicted molar refractivity (Wildman–Crippen MR) is 69.6 cm³/mol. The number of rotatable bonds is 4. The van der Waals surface area contributed by atoms with Gasteiger partial charge in [-0.1, -0.05) is 26.7 Å². The maximum Gasteiger partial charge on any atom is 0.0232 e. The summed E-state index contributed by atoms with van der Waals surface area (Å²) in [5, 5.41) is 3.49. The van der Waals surface area contributed by atoms with E-state index >= 15 is 0 Å². The number of nitrogens with zero attached hydrogens (tertiary/aromatic N) is 1. The molecule has 0 aromatic rings. The van der Waals surface area contributed by atoms with E-state index in [2.05, 4.69) is 24.1 Å². The Balaban J connectivity index is 1.77. The largest absolute Gasteiger partial charge is 0.315 e. The molecule has 0 aromatic carbocycles. The van der Waals surface area contributed by atoms with Gasteiger partial charge in [-0.05, 0) is 44.2 Å². The van der Waals surface area contributed by atoms with Crippen LogP contribution in [0.1, 0.15) is 46.0 Å². The molecule has 0 aromatic heterocycles. The van der Waals surface area contributed by atoms with Crippen molar-refractivity contribution < 1.29 is 0 Å². The molecule has 1 aliphatic carbocycles. The van der Waals surface area contributed by atoms with Crippen molar-refractivity contribution in [2.24, 2.45) is 11.8 Å². The predicted octanol–water partition coefficient (Wildman–Crippen LogP) is 2.50. The van der Waals surface area contributed by atoms with Crippen LogP contribution < -0.4 is 5.32 Å². The first kappa shape index (κ1) is 12.4. The minimum atomic E-state index is 0.823. The number of hydrogen-bond acceptors (Lipinski definition) is 2. The van der Waals surface area contributed by atoms with E-state index in [4.69, 9.17) is 0 Å². The molecule has 94 valence electrons. The van der Waals surface area contributed by atoms with Crippen LogP contribution in [0.2, 0.25) is 0 Å². The summed E-state index contributed by atoms with van der Waals surface area (Å²) in [5.74, 6) is 1.97. The molecule has 1 heterocycles. The third kappa shape index (κ3) is 3.21.